The quantitative estimate of drug-likeness (QED) is 0.813. The minimum Gasteiger partial charge on any atom is -0.481 e. The van der Waals surface area contributed by atoms with Gasteiger partial charge in [-0.25, -0.2) is 12.7 Å². The van der Waals surface area contributed by atoms with E-state index < -0.39 is 21.4 Å². The van der Waals surface area contributed by atoms with Crippen molar-refractivity contribution in [2.24, 2.45) is 11.3 Å². The maximum atomic E-state index is 12.8. The van der Waals surface area contributed by atoms with Gasteiger partial charge in [0.15, 0.2) is 0 Å². The normalized spacial score (nSPS) is 26.0. The Morgan fingerprint density at radius 2 is 1.92 bits per heavy atom. The van der Waals surface area contributed by atoms with E-state index in [2.05, 4.69) is 0 Å². The summed E-state index contributed by atoms with van der Waals surface area (Å²) in [5, 5.41) is 9.68. The second-order valence-electron chi connectivity index (χ2n) is 6.98. The molecule has 2 fully saturated rings. The molecule has 2 aliphatic rings. The Kier molecular flexibility index (Phi) is 4.80. The Morgan fingerprint density at radius 3 is 2.46 bits per heavy atom. The van der Waals surface area contributed by atoms with Crippen molar-refractivity contribution in [2.75, 3.05) is 40.4 Å². The topological polar surface area (TPSA) is 104 Å². The van der Waals surface area contributed by atoms with Gasteiger partial charge in [0, 0.05) is 45.3 Å². The fraction of sp³-hybridized carbons (Fsp3) is 0.529. The molecular weight excluding hydrogens is 360 g/mol. The molecule has 9 heteroatoms. The number of aliphatic carboxylic acids is 1. The number of hydrogen-bond donors (Lipinski definition) is 1. The highest BCUT2D eigenvalue weighted by Crippen LogP contribution is 2.42. The van der Waals surface area contributed by atoms with Gasteiger partial charge in [-0.15, -0.1) is 0 Å². The molecule has 0 unspecified atom stereocenters. The van der Waals surface area contributed by atoms with Crippen molar-refractivity contribution in [3.63, 3.8) is 0 Å². The van der Waals surface area contributed by atoms with E-state index in [4.69, 9.17) is 4.74 Å². The van der Waals surface area contributed by atoms with Gasteiger partial charge in [0.2, 0.25) is 10.0 Å². The summed E-state index contributed by atoms with van der Waals surface area (Å²) in [6.07, 6.45) is 0.386. The van der Waals surface area contributed by atoms with Crippen LogP contribution in [0.15, 0.2) is 29.2 Å². The minimum atomic E-state index is -3.56. The minimum absolute atomic E-state index is 0.101. The number of hydrogen-bond acceptors (Lipinski definition) is 5. The van der Waals surface area contributed by atoms with Crippen LogP contribution in [0.2, 0.25) is 0 Å². The summed E-state index contributed by atoms with van der Waals surface area (Å²) in [5.41, 5.74) is -0.620. The van der Waals surface area contributed by atoms with Crippen molar-refractivity contribution < 1.29 is 27.9 Å². The molecule has 0 spiro atoms. The van der Waals surface area contributed by atoms with Crippen molar-refractivity contribution in [3.8, 4) is 0 Å². The fourth-order valence-corrected chi connectivity index (χ4v) is 4.52. The number of sulfonamides is 1. The average molecular weight is 382 g/mol. The third-order valence-corrected chi connectivity index (χ3v) is 7.13. The molecule has 1 amide bonds. The molecule has 8 nitrogen and oxygen atoms in total. The van der Waals surface area contributed by atoms with Crippen LogP contribution in [0.1, 0.15) is 16.8 Å². The van der Waals surface area contributed by atoms with Crippen molar-refractivity contribution in [1.82, 2.24) is 9.21 Å². The van der Waals surface area contributed by atoms with Gasteiger partial charge in [0.25, 0.3) is 5.91 Å². The molecule has 26 heavy (non-hydrogen) atoms. The number of rotatable bonds is 4. The number of amides is 1. The van der Waals surface area contributed by atoms with Crippen LogP contribution in [0, 0.1) is 11.3 Å². The first kappa shape index (κ1) is 18.8. The van der Waals surface area contributed by atoms with Crippen LogP contribution in [0.3, 0.4) is 0 Å². The molecule has 2 aliphatic heterocycles. The molecule has 1 aromatic rings. The highest BCUT2D eigenvalue weighted by atomic mass is 32.2. The lowest BCUT2D eigenvalue weighted by Gasteiger charge is -2.33. The molecule has 142 valence electrons. The number of benzene rings is 1. The van der Waals surface area contributed by atoms with Gasteiger partial charge >= 0.3 is 5.97 Å². The van der Waals surface area contributed by atoms with Gasteiger partial charge in [-0.05, 0) is 30.7 Å². The Bertz CT molecular complexity index is 820. The number of likely N-dealkylation sites (tertiary alicyclic amines) is 1. The number of ether oxygens (including phenoxy) is 1. The van der Waals surface area contributed by atoms with Gasteiger partial charge in [0.05, 0.1) is 16.9 Å². The molecular formula is C17H22N2O6S. The zero-order chi connectivity index (χ0) is 19.1. The second-order valence-corrected chi connectivity index (χ2v) is 9.13. The summed E-state index contributed by atoms with van der Waals surface area (Å²) in [6.45, 7) is 1.17. The largest absolute Gasteiger partial charge is 0.481 e. The van der Waals surface area contributed by atoms with E-state index in [-0.39, 0.29) is 23.3 Å². The SMILES string of the molecule is CN(C)S(=O)(=O)c1ccc(C(=O)N2C[C@H]3COCC[C@@]3(C(=O)O)C2)cc1. The van der Waals surface area contributed by atoms with Crippen molar-refractivity contribution >= 4 is 21.9 Å². The lowest BCUT2D eigenvalue weighted by molar-refractivity contribution is -0.157. The van der Waals surface area contributed by atoms with Crippen LogP contribution >= 0.6 is 0 Å². The number of carboxylic acids is 1. The molecule has 1 N–H and O–H groups in total. The zero-order valence-corrected chi connectivity index (χ0v) is 15.5. The number of carbonyl (C=O) groups is 2. The number of fused-ring (bicyclic) bond motifs is 1. The van der Waals surface area contributed by atoms with Crippen molar-refractivity contribution in [3.05, 3.63) is 29.8 Å². The van der Waals surface area contributed by atoms with Crippen LogP contribution in [-0.4, -0.2) is 75.0 Å². The van der Waals surface area contributed by atoms with E-state index in [0.29, 0.717) is 31.7 Å². The van der Waals surface area contributed by atoms with Crippen molar-refractivity contribution in [1.29, 1.82) is 0 Å². The zero-order valence-electron chi connectivity index (χ0n) is 14.7. The summed E-state index contributed by atoms with van der Waals surface area (Å²) in [5.74, 6) is -1.42. The van der Waals surface area contributed by atoms with E-state index in [1.165, 1.54) is 43.3 Å². The van der Waals surface area contributed by atoms with E-state index in [1.54, 1.807) is 0 Å². The van der Waals surface area contributed by atoms with Gasteiger partial charge in [-0.1, -0.05) is 0 Å². The lowest BCUT2D eigenvalue weighted by atomic mass is 9.74. The average Bonchev–Trinajstić information content (AvgIpc) is 3.02. The Hall–Kier alpha value is -1.97. The lowest BCUT2D eigenvalue weighted by Crippen LogP contribution is -2.45. The van der Waals surface area contributed by atoms with Crippen LogP contribution in [0.5, 0.6) is 0 Å². The van der Waals surface area contributed by atoms with Crippen LogP contribution in [0.4, 0.5) is 0 Å². The first-order valence-corrected chi connectivity index (χ1v) is 9.75. The molecule has 3 rings (SSSR count). The molecule has 2 heterocycles. The Balaban J connectivity index is 1.81. The molecule has 0 aliphatic carbocycles. The first-order valence-electron chi connectivity index (χ1n) is 8.31. The molecule has 0 saturated carbocycles. The van der Waals surface area contributed by atoms with Gasteiger partial charge in [-0.2, -0.15) is 0 Å². The third kappa shape index (κ3) is 3.00. The molecule has 2 saturated heterocycles. The summed E-state index contributed by atoms with van der Waals surface area (Å²) >= 11 is 0. The third-order valence-electron chi connectivity index (χ3n) is 5.30. The van der Waals surface area contributed by atoms with E-state index >= 15 is 0 Å². The van der Waals surface area contributed by atoms with E-state index in [9.17, 15) is 23.1 Å². The van der Waals surface area contributed by atoms with Gasteiger partial charge in [0.1, 0.15) is 0 Å². The van der Waals surface area contributed by atoms with Gasteiger partial charge < -0.3 is 14.7 Å². The number of carbonyl (C=O) groups excluding carboxylic acids is 1. The van der Waals surface area contributed by atoms with Crippen molar-refractivity contribution in [2.45, 2.75) is 11.3 Å². The monoisotopic (exact) mass is 382 g/mol. The highest BCUT2D eigenvalue weighted by molar-refractivity contribution is 7.89. The van der Waals surface area contributed by atoms with E-state index in [1.807, 2.05) is 0 Å². The Labute approximate surface area is 152 Å². The number of carboxylic acid groups (broad SMARTS) is 1. The smallest absolute Gasteiger partial charge is 0.311 e. The predicted octanol–water partition coefficient (Wildman–Crippen LogP) is 0.500. The van der Waals surface area contributed by atoms with Crippen LogP contribution in [0.25, 0.3) is 0 Å². The molecule has 0 bridgehead atoms. The maximum Gasteiger partial charge on any atom is 0.311 e. The highest BCUT2D eigenvalue weighted by Gasteiger charge is 2.54. The van der Waals surface area contributed by atoms with Crippen LogP contribution < -0.4 is 0 Å². The predicted molar refractivity (Wildman–Crippen MR) is 92.2 cm³/mol. The molecule has 0 radical (unpaired) electrons. The van der Waals surface area contributed by atoms with Gasteiger partial charge in [-0.3, -0.25) is 9.59 Å². The fourth-order valence-electron chi connectivity index (χ4n) is 3.62. The standard InChI is InChI=1S/C17H22N2O6S/c1-18(2)26(23,24)14-5-3-12(4-6-14)15(20)19-9-13-10-25-8-7-17(13,11-19)16(21)22/h3-6,13H,7-11H2,1-2H3,(H,21,22)/t13-,17+/m0/s1. The summed E-state index contributed by atoms with van der Waals surface area (Å²) < 4.78 is 30.7. The van der Waals surface area contributed by atoms with Crippen LogP contribution in [-0.2, 0) is 19.6 Å². The Morgan fingerprint density at radius 1 is 1.27 bits per heavy atom. The van der Waals surface area contributed by atoms with E-state index in [0.717, 1.165) is 4.31 Å². The molecule has 1 aromatic carbocycles. The summed E-state index contributed by atoms with van der Waals surface area (Å²) in [4.78, 5) is 26.2. The summed E-state index contributed by atoms with van der Waals surface area (Å²) in [6, 6.07) is 5.71. The number of nitrogens with zero attached hydrogens (tertiary/aromatic N) is 2. The maximum absolute atomic E-state index is 12.8. The molecule has 2 atom stereocenters. The first-order chi connectivity index (χ1) is 12.2. The second kappa shape index (κ2) is 6.64. The molecule has 0 aromatic heterocycles. The summed E-state index contributed by atoms with van der Waals surface area (Å²) in [7, 11) is -0.686.